The summed E-state index contributed by atoms with van der Waals surface area (Å²) in [6.07, 6.45) is 9.66. The van der Waals surface area contributed by atoms with E-state index >= 15 is 0 Å². The number of carbonyl (C=O) groups is 2. The van der Waals surface area contributed by atoms with E-state index in [0.717, 1.165) is 61.2 Å². The number of methoxy groups -OCH3 is 2. The van der Waals surface area contributed by atoms with Crippen LogP contribution in [0.4, 0.5) is 4.79 Å². The first-order valence-corrected chi connectivity index (χ1v) is 15.6. The van der Waals surface area contributed by atoms with Gasteiger partial charge in [0.25, 0.3) is 0 Å². The number of fused-ring (bicyclic) bond motifs is 5. The smallest absolute Gasteiger partial charge is 0.497 e. The number of hydrogen-bond donors (Lipinski definition) is 2. The minimum absolute atomic E-state index is 0.0176. The molecule has 2 N–H and O–H groups in total. The number of allylic oxidation sites excluding steroid dienone is 4. The first kappa shape index (κ1) is 29.3. The minimum Gasteiger partial charge on any atom is -0.497 e. The van der Waals surface area contributed by atoms with E-state index in [1.54, 1.807) is 14.2 Å². The topological polar surface area (TPSA) is 94.1 Å². The van der Waals surface area contributed by atoms with Gasteiger partial charge in [0.05, 0.1) is 20.3 Å². The first-order valence-electron chi connectivity index (χ1n) is 15.6. The SMILES string of the molecule is COc1ccc(C(NC(=O)C2CC[C@H]3[C@@H]4CC=C5C=C(OC(=O)O)CC[C@]5(C)[C@H]4CC[C@]23C)c2ccc(OC)cc2)cc1. The van der Waals surface area contributed by atoms with Crippen LogP contribution in [-0.4, -0.2) is 31.4 Å². The van der Waals surface area contributed by atoms with Crippen molar-refractivity contribution in [3.05, 3.63) is 83.1 Å². The highest BCUT2D eigenvalue weighted by molar-refractivity contribution is 5.81. The van der Waals surface area contributed by atoms with E-state index in [1.807, 2.05) is 54.6 Å². The molecule has 2 aromatic carbocycles. The summed E-state index contributed by atoms with van der Waals surface area (Å²) in [4.78, 5) is 25.4. The fourth-order valence-electron chi connectivity index (χ4n) is 9.12. The predicted octanol–water partition coefficient (Wildman–Crippen LogP) is 7.68. The van der Waals surface area contributed by atoms with Crippen molar-refractivity contribution in [1.29, 1.82) is 0 Å². The van der Waals surface area contributed by atoms with Gasteiger partial charge in [0.2, 0.25) is 5.91 Å². The fraction of sp³-hybridized carbons (Fsp3) is 0.500. The number of hydrogen-bond acceptors (Lipinski definition) is 5. The molecule has 43 heavy (non-hydrogen) atoms. The Hall–Kier alpha value is -3.74. The molecule has 7 nitrogen and oxygen atoms in total. The van der Waals surface area contributed by atoms with Crippen LogP contribution >= 0.6 is 0 Å². The monoisotopic (exact) mass is 585 g/mol. The summed E-state index contributed by atoms with van der Waals surface area (Å²) in [5.74, 6) is 3.74. The van der Waals surface area contributed by atoms with Crippen molar-refractivity contribution in [2.75, 3.05) is 14.2 Å². The number of carbonyl (C=O) groups excluding carboxylic acids is 1. The van der Waals surface area contributed by atoms with Gasteiger partial charge in [-0.2, -0.15) is 0 Å². The van der Waals surface area contributed by atoms with Crippen molar-refractivity contribution in [2.45, 2.75) is 64.8 Å². The molecule has 6 atom stereocenters. The van der Waals surface area contributed by atoms with Crippen molar-refractivity contribution in [1.82, 2.24) is 5.32 Å². The Balaban J connectivity index is 1.23. The zero-order chi connectivity index (χ0) is 30.4. The number of ether oxygens (including phenoxy) is 3. The molecule has 1 amide bonds. The summed E-state index contributed by atoms with van der Waals surface area (Å²) in [5.41, 5.74) is 3.21. The molecule has 228 valence electrons. The lowest BCUT2D eigenvalue weighted by Crippen LogP contribution is -2.51. The summed E-state index contributed by atoms with van der Waals surface area (Å²) in [6.45, 7) is 4.72. The Kier molecular flexibility index (Phi) is 7.78. The van der Waals surface area contributed by atoms with Gasteiger partial charge in [-0.3, -0.25) is 4.79 Å². The highest BCUT2D eigenvalue weighted by atomic mass is 16.7. The molecule has 7 heteroatoms. The van der Waals surface area contributed by atoms with Crippen molar-refractivity contribution in [3.8, 4) is 11.5 Å². The molecule has 4 aliphatic rings. The average molecular weight is 586 g/mol. The lowest BCUT2D eigenvalue weighted by atomic mass is 9.48. The van der Waals surface area contributed by atoms with Gasteiger partial charge in [0.15, 0.2) is 0 Å². The van der Waals surface area contributed by atoms with E-state index in [4.69, 9.17) is 19.3 Å². The lowest BCUT2D eigenvalue weighted by Gasteiger charge is -2.56. The maximum absolute atomic E-state index is 14.2. The summed E-state index contributed by atoms with van der Waals surface area (Å²) in [5, 5.41) is 12.6. The van der Waals surface area contributed by atoms with Gasteiger partial charge in [-0.25, -0.2) is 4.79 Å². The van der Waals surface area contributed by atoms with Crippen molar-refractivity contribution < 1.29 is 28.9 Å². The largest absolute Gasteiger partial charge is 0.511 e. The van der Waals surface area contributed by atoms with Crippen molar-refractivity contribution >= 4 is 12.1 Å². The van der Waals surface area contributed by atoms with Crippen LogP contribution in [0.3, 0.4) is 0 Å². The molecule has 0 radical (unpaired) electrons. The van der Waals surface area contributed by atoms with Crippen molar-refractivity contribution in [2.24, 2.45) is 34.5 Å². The molecule has 0 aliphatic heterocycles. The van der Waals surface area contributed by atoms with Crippen LogP contribution in [0.25, 0.3) is 0 Å². The van der Waals surface area contributed by atoms with Crippen LogP contribution in [-0.2, 0) is 9.53 Å². The first-order chi connectivity index (χ1) is 20.7. The summed E-state index contributed by atoms with van der Waals surface area (Å²) in [6, 6.07) is 15.6. The molecule has 0 saturated heterocycles. The van der Waals surface area contributed by atoms with Crippen LogP contribution in [0.5, 0.6) is 11.5 Å². The van der Waals surface area contributed by atoms with Gasteiger partial charge < -0.3 is 24.6 Å². The van der Waals surface area contributed by atoms with Gasteiger partial charge >= 0.3 is 6.16 Å². The number of carboxylic acid groups (broad SMARTS) is 1. The van der Waals surface area contributed by atoms with Crippen LogP contribution in [0.15, 0.2) is 72.0 Å². The average Bonchev–Trinajstić information content (AvgIpc) is 3.37. The van der Waals surface area contributed by atoms with Gasteiger partial charge in [0.1, 0.15) is 17.3 Å². The van der Waals surface area contributed by atoms with E-state index in [2.05, 4.69) is 25.2 Å². The number of benzene rings is 2. The molecule has 0 bridgehead atoms. The number of amides is 1. The van der Waals surface area contributed by atoms with E-state index in [9.17, 15) is 9.59 Å². The van der Waals surface area contributed by atoms with E-state index in [-0.39, 0.29) is 28.7 Å². The maximum Gasteiger partial charge on any atom is 0.511 e. The standard InChI is InChI=1S/C36H43NO6/c1-35-19-17-27(43-34(39)40)21-24(35)9-14-28-29-15-16-31(36(29,2)20-18-30(28)35)33(38)37-32(22-5-10-25(41-3)11-6-22)23-7-12-26(42-4)13-8-23/h5-13,21,28-32H,14-20H2,1-4H3,(H,37,38)(H,39,40)/t28-,29-,30-,31?,35-,36-/m0/s1. The molecular weight excluding hydrogens is 542 g/mol. The van der Waals surface area contributed by atoms with Gasteiger partial charge in [-0.15, -0.1) is 0 Å². The summed E-state index contributed by atoms with van der Waals surface area (Å²) in [7, 11) is 3.31. The maximum atomic E-state index is 14.2. The number of rotatable bonds is 7. The van der Waals surface area contributed by atoms with E-state index in [0.29, 0.717) is 29.9 Å². The molecule has 0 heterocycles. The molecule has 4 aliphatic carbocycles. The van der Waals surface area contributed by atoms with Gasteiger partial charge in [-0.05, 0) is 114 Å². The second kappa shape index (κ2) is 11.4. The third-order valence-corrected chi connectivity index (χ3v) is 11.5. The van der Waals surface area contributed by atoms with Crippen LogP contribution in [0.2, 0.25) is 0 Å². The Morgan fingerprint density at radius 1 is 0.884 bits per heavy atom. The quantitative estimate of drug-likeness (QED) is 0.324. The van der Waals surface area contributed by atoms with Crippen LogP contribution in [0, 0.1) is 34.5 Å². The Morgan fingerprint density at radius 2 is 1.51 bits per heavy atom. The summed E-state index contributed by atoms with van der Waals surface area (Å²) >= 11 is 0. The molecule has 2 aromatic rings. The van der Waals surface area contributed by atoms with Crippen LogP contribution < -0.4 is 14.8 Å². The molecule has 2 saturated carbocycles. The zero-order valence-electron chi connectivity index (χ0n) is 25.6. The van der Waals surface area contributed by atoms with Gasteiger partial charge in [0, 0.05) is 12.3 Å². The van der Waals surface area contributed by atoms with E-state index < -0.39 is 6.16 Å². The van der Waals surface area contributed by atoms with E-state index in [1.165, 1.54) is 5.57 Å². The highest BCUT2D eigenvalue weighted by Crippen LogP contribution is 2.66. The molecular formula is C36H43NO6. The molecule has 6 rings (SSSR count). The number of nitrogens with one attached hydrogen (secondary N) is 1. The Morgan fingerprint density at radius 3 is 2.09 bits per heavy atom. The fourth-order valence-corrected chi connectivity index (χ4v) is 9.12. The Bertz CT molecular complexity index is 1380. The van der Waals surface area contributed by atoms with Crippen molar-refractivity contribution in [3.63, 3.8) is 0 Å². The lowest BCUT2D eigenvalue weighted by molar-refractivity contribution is -0.132. The molecule has 2 fully saturated rings. The molecule has 1 unspecified atom stereocenters. The third kappa shape index (κ3) is 5.21. The predicted molar refractivity (Wildman–Crippen MR) is 164 cm³/mol. The second-order valence-electron chi connectivity index (χ2n) is 13.3. The Labute approximate surface area is 254 Å². The normalized spacial score (nSPS) is 31.1. The summed E-state index contributed by atoms with van der Waals surface area (Å²) < 4.78 is 15.8. The van der Waals surface area contributed by atoms with Gasteiger partial charge in [-0.1, -0.05) is 44.2 Å². The highest BCUT2D eigenvalue weighted by Gasteiger charge is 2.59. The zero-order valence-corrected chi connectivity index (χ0v) is 25.6. The molecule has 0 spiro atoms. The minimum atomic E-state index is -1.24. The molecule has 0 aromatic heterocycles. The third-order valence-electron chi connectivity index (χ3n) is 11.5. The second-order valence-corrected chi connectivity index (χ2v) is 13.3. The van der Waals surface area contributed by atoms with Crippen LogP contribution in [0.1, 0.15) is 76.0 Å².